The standard InChI is InChI=1S/C9H6INO/c10-7-2-3-8-6(5-7)1-4-9(12)11-8/h1-5,7H. The first-order valence-corrected chi connectivity index (χ1v) is 4.85. The van der Waals surface area contributed by atoms with Crippen LogP contribution in [0.15, 0.2) is 40.9 Å². The first kappa shape index (κ1) is 7.91. The number of aliphatic imine (C=N–C) groups is 1. The minimum Gasteiger partial charge on any atom is -0.267 e. The topological polar surface area (TPSA) is 29.4 Å². The number of hydrogen-bond acceptors (Lipinski definition) is 1. The third kappa shape index (κ3) is 1.41. The van der Waals surface area contributed by atoms with Crippen LogP contribution in [0.25, 0.3) is 0 Å². The maximum absolute atomic E-state index is 10.9. The highest BCUT2D eigenvalue weighted by molar-refractivity contribution is 14.1. The highest BCUT2D eigenvalue weighted by atomic mass is 127. The van der Waals surface area contributed by atoms with E-state index in [-0.39, 0.29) is 5.91 Å². The molecule has 1 heterocycles. The van der Waals surface area contributed by atoms with Gasteiger partial charge in [0.25, 0.3) is 5.91 Å². The lowest BCUT2D eigenvalue weighted by Crippen LogP contribution is -2.11. The number of alkyl halides is 1. The van der Waals surface area contributed by atoms with E-state index in [4.69, 9.17) is 0 Å². The van der Waals surface area contributed by atoms with Crippen LogP contribution in [-0.2, 0) is 4.79 Å². The molecule has 2 rings (SSSR count). The molecule has 3 heteroatoms. The van der Waals surface area contributed by atoms with Crippen molar-refractivity contribution in [3.8, 4) is 0 Å². The van der Waals surface area contributed by atoms with Crippen LogP contribution in [0.4, 0.5) is 0 Å². The van der Waals surface area contributed by atoms with E-state index in [9.17, 15) is 4.79 Å². The molecule has 0 spiro atoms. The third-order valence-corrected chi connectivity index (χ3v) is 2.48. The minimum atomic E-state index is -0.168. The van der Waals surface area contributed by atoms with E-state index < -0.39 is 0 Å². The molecule has 2 nitrogen and oxygen atoms in total. The van der Waals surface area contributed by atoms with Gasteiger partial charge in [0.2, 0.25) is 0 Å². The number of halogens is 1. The van der Waals surface area contributed by atoms with Gasteiger partial charge in [-0.1, -0.05) is 34.7 Å². The Bertz CT molecular complexity index is 350. The molecule has 0 saturated heterocycles. The summed E-state index contributed by atoms with van der Waals surface area (Å²) in [5.41, 5.74) is 1.84. The average Bonchev–Trinajstić information content (AvgIpc) is 2.05. The van der Waals surface area contributed by atoms with Crippen molar-refractivity contribution >= 4 is 34.2 Å². The Morgan fingerprint density at radius 2 is 2.17 bits per heavy atom. The number of fused-ring (bicyclic) bond motifs is 1. The molecule has 0 saturated carbocycles. The van der Waals surface area contributed by atoms with Crippen LogP contribution in [0.5, 0.6) is 0 Å². The predicted molar refractivity (Wildman–Crippen MR) is 56.6 cm³/mol. The summed E-state index contributed by atoms with van der Waals surface area (Å²) in [5.74, 6) is -0.168. The van der Waals surface area contributed by atoms with E-state index in [1.54, 1.807) is 0 Å². The molecule has 0 bridgehead atoms. The fraction of sp³-hybridized carbons (Fsp3) is 0.111. The van der Waals surface area contributed by atoms with Gasteiger partial charge >= 0.3 is 0 Å². The molecule has 1 aliphatic carbocycles. The molecule has 0 aromatic heterocycles. The molecular formula is C9H6INO. The summed E-state index contributed by atoms with van der Waals surface area (Å²) in [6.07, 6.45) is 9.32. The van der Waals surface area contributed by atoms with Gasteiger partial charge in [-0.2, -0.15) is 0 Å². The van der Waals surface area contributed by atoms with Crippen molar-refractivity contribution in [3.63, 3.8) is 0 Å². The third-order valence-electron chi connectivity index (χ3n) is 1.71. The van der Waals surface area contributed by atoms with E-state index in [1.807, 2.05) is 18.2 Å². The van der Waals surface area contributed by atoms with Crippen molar-refractivity contribution in [3.05, 3.63) is 36.0 Å². The van der Waals surface area contributed by atoms with Crippen LogP contribution < -0.4 is 0 Å². The average molecular weight is 271 g/mol. The SMILES string of the molecule is O=C1C=CC2=CC(I)C=CC2=N1. The predicted octanol–water partition coefficient (Wildman–Crippen LogP) is 1.82. The number of hydrogen-bond donors (Lipinski definition) is 0. The molecule has 0 aromatic rings. The van der Waals surface area contributed by atoms with Crippen LogP contribution in [0.1, 0.15) is 0 Å². The van der Waals surface area contributed by atoms with Crippen molar-refractivity contribution in [2.45, 2.75) is 3.92 Å². The lowest BCUT2D eigenvalue weighted by Gasteiger charge is -2.12. The van der Waals surface area contributed by atoms with Gasteiger partial charge < -0.3 is 0 Å². The fourth-order valence-electron chi connectivity index (χ4n) is 1.15. The molecule has 2 aliphatic rings. The fourth-order valence-corrected chi connectivity index (χ4v) is 1.75. The van der Waals surface area contributed by atoms with Gasteiger partial charge in [-0.25, -0.2) is 4.99 Å². The minimum absolute atomic E-state index is 0.168. The van der Waals surface area contributed by atoms with Gasteiger partial charge in [0.1, 0.15) is 0 Å². The van der Waals surface area contributed by atoms with E-state index in [2.05, 4.69) is 33.7 Å². The second-order valence-electron chi connectivity index (χ2n) is 2.59. The van der Waals surface area contributed by atoms with Crippen molar-refractivity contribution in [2.24, 2.45) is 4.99 Å². The molecule has 60 valence electrons. The molecule has 0 N–H and O–H groups in total. The summed E-state index contributed by atoms with van der Waals surface area (Å²) in [6.45, 7) is 0. The number of carbonyl (C=O) groups is 1. The van der Waals surface area contributed by atoms with Crippen molar-refractivity contribution in [2.75, 3.05) is 0 Å². The number of carbonyl (C=O) groups excluding carboxylic acids is 1. The number of nitrogens with zero attached hydrogens (tertiary/aromatic N) is 1. The summed E-state index contributed by atoms with van der Waals surface area (Å²) >= 11 is 2.31. The smallest absolute Gasteiger partial charge is 0.267 e. The molecule has 1 unspecified atom stereocenters. The Balaban J connectivity index is 2.41. The normalized spacial score (nSPS) is 26.4. The van der Waals surface area contributed by atoms with Crippen LogP contribution in [0.3, 0.4) is 0 Å². The summed E-state index contributed by atoms with van der Waals surface area (Å²) in [7, 11) is 0. The Kier molecular flexibility index (Phi) is 1.96. The quantitative estimate of drug-likeness (QED) is 0.488. The highest BCUT2D eigenvalue weighted by Gasteiger charge is 2.13. The summed E-state index contributed by atoms with van der Waals surface area (Å²) in [6, 6.07) is 0. The number of dihydropyridines is 1. The monoisotopic (exact) mass is 271 g/mol. The van der Waals surface area contributed by atoms with Gasteiger partial charge in [-0.05, 0) is 17.7 Å². The molecule has 0 aromatic carbocycles. The first-order chi connectivity index (χ1) is 5.75. The largest absolute Gasteiger partial charge is 0.270 e. The van der Waals surface area contributed by atoms with Crippen LogP contribution in [0, 0.1) is 0 Å². The molecular weight excluding hydrogens is 265 g/mol. The summed E-state index contributed by atoms with van der Waals surface area (Å²) in [4.78, 5) is 14.7. The van der Waals surface area contributed by atoms with Crippen LogP contribution >= 0.6 is 22.6 Å². The maximum Gasteiger partial charge on any atom is 0.270 e. The maximum atomic E-state index is 10.9. The Hall–Kier alpha value is -0.710. The van der Waals surface area contributed by atoms with E-state index in [0.29, 0.717) is 3.92 Å². The first-order valence-electron chi connectivity index (χ1n) is 3.61. The van der Waals surface area contributed by atoms with Crippen LogP contribution in [-0.4, -0.2) is 15.5 Å². The van der Waals surface area contributed by atoms with Gasteiger partial charge in [0, 0.05) is 10.0 Å². The lowest BCUT2D eigenvalue weighted by atomic mass is 10.0. The Labute approximate surface area is 83.9 Å². The zero-order valence-corrected chi connectivity index (χ0v) is 8.36. The van der Waals surface area contributed by atoms with E-state index in [0.717, 1.165) is 11.3 Å². The molecule has 1 amide bonds. The van der Waals surface area contributed by atoms with Crippen LogP contribution in [0.2, 0.25) is 0 Å². The Morgan fingerprint density at radius 3 is 3.00 bits per heavy atom. The second kappa shape index (κ2) is 2.97. The summed E-state index contributed by atoms with van der Waals surface area (Å²) in [5, 5.41) is 0. The lowest BCUT2D eigenvalue weighted by molar-refractivity contribution is -0.113. The molecule has 1 atom stereocenters. The number of amides is 1. The molecule has 1 aliphatic heterocycles. The van der Waals surface area contributed by atoms with Gasteiger partial charge in [-0.3, -0.25) is 4.79 Å². The Morgan fingerprint density at radius 1 is 1.33 bits per heavy atom. The zero-order valence-electron chi connectivity index (χ0n) is 6.20. The summed E-state index contributed by atoms with van der Waals surface area (Å²) < 4.78 is 0.411. The molecule has 0 radical (unpaired) electrons. The van der Waals surface area contributed by atoms with Crippen molar-refractivity contribution in [1.82, 2.24) is 0 Å². The van der Waals surface area contributed by atoms with Gasteiger partial charge in [0.15, 0.2) is 0 Å². The van der Waals surface area contributed by atoms with Crippen molar-refractivity contribution in [1.29, 1.82) is 0 Å². The molecule has 12 heavy (non-hydrogen) atoms. The number of rotatable bonds is 0. The van der Waals surface area contributed by atoms with Crippen molar-refractivity contribution < 1.29 is 4.79 Å². The van der Waals surface area contributed by atoms with E-state index >= 15 is 0 Å². The highest BCUT2D eigenvalue weighted by Crippen LogP contribution is 2.19. The van der Waals surface area contributed by atoms with Gasteiger partial charge in [-0.15, -0.1) is 0 Å². The molecule has 0 fully saturated rings. The second-order valence-corrected chi connectivity index (χ2v) is 4.03. The van der Waals surface area contributed by atoms with E-state index in [1.165, 1.54) is 6.08 Å². The number of allylic oxidation sites excluding steroid dienone is 5. The van der Waals surface area contributed by atoms with Gasteiger partial charge in [0.05, 0.1) is 5.71 Å². The zero-order chi connectivity index (χ0) is 8.55.